The van der Waals surface area contributed by atoms with Gasteiger partial charge in [-0.3, -0.25) is 0 Å². The summed E-state index contributed by atoms with van der Waals surface area (Å²) in [6, 6.07) is 10.1. The van der Waals surface area contributed by atoms with Crippen LogP contribution in [0.3, 0.4) is 0 Å². The average molecular weight is 251 g/mol. The van der Waals surface area contributed by atoms with Crippen LogP contribution < -0.4 is 5.32 Å². The van der Waals surface area contributed by atoms with Crippen molar-refractivity contribution in [2.24, 2.45) is 0 Å². The molecule has 1 aromatic carbocycles. The van der Waals surface area contributed by atoms with Crippen LogP contribution in [0.15, 0.2) is 41.8 Å². The van der Waals surface area contributed by atoms with Gasteiger partial charge in [0.1, 0.15) is 5.82 Å². The second-order valence-corrected chi connectivity index (χ2v) is 4.78. The predicted molar refractivity (Wildman–Crippen MR) is 67.4 cm³/mol. The molecule has 17 heavy (non-hydrogen) atoms. The third kappa shape index (κ3) is 3.36. The normalized spacial score (nSPS) is 12.6. The van der Waals surface area contributed by atoms with Crippen LogP contribution in [0.2, 0.25) is 0 Å². The molecule has 2 nitrogen and oxygen atoms in total. The molecule has 0 fully saturated rings. The number of halogens is 1. The van der Waals surface area contributed by atoms with Gasteiger partial charge in [-0.2, -0.15) is 0 Å². The molecule has 1 atom stereocenters. The summed E-state index contributed by atoms with van der Waals surface area (Å²) in [7, 11) is 0. The van der Waals surface area contributed by atoms with E-state index in [1.54, 1.807) is 23.5 Å². The summed E-state index contributed by atoms with van der Waals surface area (Å²) in [4.78, 5) is 1.21. The molecule has 0 aliphatic carbocycles. The quantitative estimate of drug-likeness (QED) is 0.856. The zero-order chi connectivity index (χ0) is 12.1. The van der Waals surface area contributed by atoms with E-state index in [1.165, 1.54) is 17.0 Å². The van der Waals surface area contributed by atoms with Crippen molar-refractivity contribution >= 4 is 11.3 Å². The molecule has 0 radical (unpaired) electrons. The zero-order valence-corrected chi connectivity index (χ0v) is 10.1. The molecule has 0 aliphatic rings. The topological polar surface area (TPSA) is 32.3 Å². The first kappa shape index (κ1) is 12.2. The predicted octanol–water partition coefficient (Wildman–Crippen LogP) is 2.71. The number of aliphatic hydroxyl groups excluding tert-OH is 1. The van der Waals surface area contributed by atoms with Crippen LogP contribution in [-0.2, 0) is 6.54 Å². The molecule has 2 N–H and O–H groups in total. The summed E-state index contributed by atoms with van der Waals surface area (Å²) in [6.07, 6.45) is 0. The van der Waals surface area contributed by atoms with Gasteiger partial charge in [0, 0.05) is 11.4 Å². The summed E-state index contributed by atoms with van der Waals surface area (Å²) >= 11 is 1.67. The Morgan fingerprint density at radius 2 is 2.00 bits per heavy atom. The standard InChI is InChI=1S/C13H14FNOS/c14-11-5-3-10(4-6-11)13(9-16)15-8-12-2-1-7-17-12/h1-7,13,15-16H,8-9H2. The third-order valence-electron chi connectivity index (χ3n) is 2.56. The maximum atomic E-state index is 12.8. The fraction of sp³-hybridized carbons (Fsp3) is 0.231. The molecule has 0 saturated carbocycles. The highest BCUT2D eigenvalue weighted by Gasteiger charge is 2.09. The van der Waals surface area contributed by atoms with E-state index in [9.17, 15) is 9.50 Å². The smallest absolute Gasteiger partial charge is 0.123 e. The summed E-state index contributed by atoms with van der Waals surface area (Å²) in [5.41, 5.74) is 0.894. The van der Waals surface area contributed by atoms with Crippen molar-refractivity contribution in [3.05, 3.63) is 58.0 Å². The van der Waals surface area contributed by atoms with Crippen molar-refractivity contribution in [3.63, 3.8) is 0 Å². The summed E-state index contributed by atoms with van der Waals surface area (Å²) < 4.78 is 12.8. The number of aliphatic hydroxyl groups is 1. The Hall–Kier alpha value is -1.23. The van der Waals surface area contributed by atoms with E-state index < -0.39 is 0 Å². The van der Waals surface area contributed by atoms with Gasteiger partial charge in [0.15, 0.2) is 0 Å². The van der Waals surface area contributed by atoms with Crippen LogP contribution in [0, 0.1) is 5.82 Å². The van der Waals surface area contributed by atoms with Crippen molar-refractivity contribution < 1.29 is 9.50 Å². The Balaban J connectivity index is 1.99. The second kappa shape index (κ2) is 5.91. The molecule has 1 unspecified atom stereocenters. The number of hydrogen-bond donors (Lipinski definition) is 2. The maximum absolute atomic E-state index is 12.8. The summed E-state index contributed by atoms with van der Waals surface area (Å²) in [6.45, 7) is 0.706. The Labute approximate surface area is 104 Å². The minimum absolute atomic E-state index is 0.00297. The van der Waals surface area contributed by atoms with Gasteiger partial charge in [0.2, 0.25) is 0 Å². The molecular formula is C13H14FNOS. The van der Waals surface area contributed by atoms with E-state index in [-0.39, 0.29) is 18.5 Å². The first-order chi connectivity index (χ1) is 8.29. The van der Waals surface area contributed by atoms with Gasteiger partial charge in [-0.1, -0.05) is 18.2 Å². The van der Waals surface area contributed by atoms with Crippen LogP contribution >= 0.6 is 11.3 Å². The lowest BCUT2D eigenvalue weighted by Crippen LogP contribution is -2.23. The highest BCUT2D eigenvalue weighted by atomic mass is 32.1. The zero-order valence-electron chi connectivity index (χ0n) is 9.27. The minimum atomic E-state index is -0.260. The van der Waals surface area contributed by atoms with Crippen molar-refractivity contribution in [1.29, 1.82) is 0 Å². The van der Waals surface area contributed by atoms with Crippen molar-refractivity contribution in [2.75, 3.05) is 6.61 Å². The first-order valence-electron chi connectivity index (χ1n) is 5.41. The average Bonchev–Trinajstić information content (AvgIpc) is 2.85. The molecule has 2 aromatic rings. The second-order valence-electron chi connectivity index (χ2n) is 3.75. The van der Waals surface area contributed by atoms with E-state index in [2.05, 4.69) is 5.32 Å². The molecule has 1 aromatic heterocycles. The van der Waals surface area contributed by atoms with Crippen molar-refractivity contribution in [3.8, 4) is 0 Å². The van der Waals surface area contributed by atoms with Gasteiger partial charge < -0.3 is 10.4 Å². The largest absolute Gasteiger partial charge is 0.394 e. The molecular weight excluding hydrogens is 237 g/mol. The molecule has 0 bridgehead atoms. The van der Waals surface area contributed by atoms with E-state index >= 15 is 0 Å². The molecule has 0 aliphatic heterocycles. The van der Waals surface area contributed by atoms with E-state index in [0.717, 1.165) is 5.56 Å². The SMILES string of the molecule is OCC(NCc1cccs1)c1ccc(F)cc1. The third-order valence-corrected chi connectivity index (χ3v) is 3.43. The van der Waals surface area contributed by atoms with Crippen LogP contribution in [0.25, 0.3) is 0 Å². The van der Waals surface area contributed by atoms with Gasteiger partial charge in [0.05, 0.1) is 12.6 Å². The summed E-state index contributed by atoms with van der Waals surface area (Å²) in [5, 5.41) is 14.6. The number of hydrogen-bond acceptors (Lipinski definition) is 3. The highest BCUT2D eigenvalue weighted by Crippen LogP contribution is 2.15. The Morgan fingerprint density at radius 1 is 1.24 bits per heavy atom. The van der Waals surface area contributed by atoms with E-state index in [0.29, 0.717) is 6.54 Å². The first-order valence-corrected chi connectivity index (χ1v) is 6.29. The van der Waals surface area contributed by atoms with E-state index in [4.69, 9.17) is 0 Å². The van der Waals surface area contributed by atoms with Crippen molar-refractivity contribution in [1.82, 2.24) is 5.32 Å². The summed E-state index contributed by atoms with van der Waals surface area (Å²) in [5.74, 6) is -0.260. The fourth-order valence-corrected chi connectivity index (χ4v) is 2.28. The molecule has 4 heteroatoms. The van der Waals surface area contributed by atoms with Gasteiger partial charge >= 0.3 is 0 Å². The Bertz CT molecular complexity index is 441. The molecule has 0 spiro atoms. The minimum Gasteiger partial charge on any atom is -0.394 e. The highest BCUT2D eigenvalue weighted by molar-refractivity contribution is 7.09. The van der Waals surface area contributed by atoms with Gasteiger partial charge in [0.25, 0.3) is 0 Å². The molecule has 1 heterocycles. The van der Waals surface area contributed by atoms with Gasteiger partial charge in [-0.25, -0.2) is 4.39 Å². The van der Waals surface area contributed by atoms with Crippen LogP contribution in [-0.4, -0.2) is 11.7 Å². The Kier molecular flexibility index (Phi) is 4.25. The Morgan fingerprint density at radius 3 is 2.59 bits per heavy atom. The molecule has 90 valence electrons. The lowest BCUT2D eigenvalue weighted by Gasteiger charge is -2.16. The van der Waals surface area contributed by atoms with Gasteiger partial charge in [-0.05, 0) is 29.1 Å². The number of nitrogens with one attached hydrogen (secondary N) is 1. The van der Waals surface area contributed by atoms with Crippen molar-refractivity contribution in [2.45, 2.75) is 12.6 Å². The fourth-order valence-electron chi connectivity index (χ4n) is 1.62. The van der Waals surface area contributed by atoms with Gasteiger partial charge in [-0.15, -0.1) is 11.3 Å². The number of rotatable bonds is 5. The number of thiophene rings is 1. The maximum Gasteiger partial charge on any atom is 0.123 e. The lowest BCUT2D eigenvalue weighted by molar-refractivity contribution is 0.244. The monoisotopic (exact) mass is 251 g/mol. The van der Waals surface area contributed by atoms with Crippen LogP contribution in [0.4, 0.5) is 4.39 Å². The van der Waals surface area contributed by atoms with Crippen LogP contribution in [0.1, 0.15) is 16.5 Å². The molecule has 2 rings (SSSR count). The molecule has 0 saturated heterocycles. The lowest BCUT2D eigenvalue weighted by atomic mass is 10.1. The van der Waals surface area contributed by atoms with Crippen LogP contribution in [0.5, 0.6) is 0 Å². The number of benzene rings is 1. The molecule has 0 amide bonds. The van der Waals surface area contributed by atoms with E-state index in [1.807, 2.05) is 17.5 Å².